The lowest BCUT2D eigenvalue weighted by atomic mass is 10.0. The van der Waals surface area contributed by atoms with Gasteiger partial charge in [0.25, 0.3) is 5.91 Å². The molecule has 27 heavy (non-hydrogen) atoms. The first-order valence-corrected chi connectivity index (χ1v) is 10.0. The van der Waals surface area contributed by atoms with Crippen molar-refractivity contribution in [2.24, 2.45) is 0 Å². The molecule has 2 fully saturated rings. The van der Waals surface area contributed by atoms with Crippen LogP contribution in [0.3, 0.4) is 0 Å². The first-order chi connectivity index (χ1) is 12.9. The Morgan fingerprint density at radius 1 is 1.04 bits per heavy atom. The van der Waals surface area contributed by atoms with E-state index in [0.717, 1.165) is 31.6 Å². The maximum absolute atomic E-state index is 15.1. The molecule has 0 aromatic heterocycles. The fourth-order valence-electron chi connectivity index (χ4n) is 3.49. The van der Waals surface area contributed by atoms with E-state index in [2.05, 4.69) is 4.90 Å². The van der Waals surface area contributed by atoms with Crippen molar-refractivity contribution in [3.05, 3.63) is 42.2 Å². The summed E-state index contributed by atoms with van der Waals surface area (Å²) in [5, 5.41) is 10.0. The van der Waals surface area contributed by atoms with E-state index in [9.17, 15) is 18.3 Å². The highest BCUT2D eigenvalue weighted by atomic mass is 32.2. The number of carbonyl (C=O) groups is 1. The lowest BCUT2D eigenvalue weighted by Gasteiger charge is -2.20. The molecule has 2 aromatic rings. The Morgan fingerprint density at radius 2 is 1.70 bits per heavy atom. The summed E-state index contributed by atoms with van der Waals surface area (Å²) in [6.45, 7) is 1.40. The number of hydrogen-bond acceptors (Lipinski definition) is 5. The van der Waals surface area contributed by atoms with Crippen molar-refractivity contribution in [1.82, 2.24) is 4.72 Å². The van der Waals surface area contributed by atoms with E-state index in [4.69, 9.17) is 0 Å². The number of nitrogens with one attached hydrogen (secondary N) is 1. The third-order valence-electron chi connectivity index (χ3n) is 4.81. The molecule has 1 amide bonds. The van der Waals surface area contributed by atoms with Crippen molar-refractivity contribution in [2.75, 3.05) is 28.8 Å². The van der Waals surface area contributed by atoms with Crippen LogP contribution in [0.5, 0.6) is 5.75 Å². The van der Waals surface area contributed by atoms with E-state index >= 15 is 4.39 Å². The number of phenols is 1. The molecular weight excluding hydrogens is 373 g/mol. The van der Waals surface area contributed by atoms with Crippen LogP contribution in [0.1, 0.15) is 12.8 Å². The first-order valence-electron chi connectivity index (χ1n) is 8.57. The van der Waals surface area contributed by atoms with Gasteiger partial charge in [0.2, 0.25) is 0 Å². The maximum Gasteiger partial charge on any atom is 0.326 e. The summed E-state index contributed by atoms with van der Waals surface area (Å²) >= 11 is 0. The molecule has 0 unspecified atom stereocenters. The van der Waals surface area contributed by atoms with Gasteiger partial charge in [0.15, 0.2) is 5.82 Å². The molecule has 0 atom stereocenters. The summed E-state index contributed by atoms with van der Waals surface area (Å²) in [6, 6.07) is 9.91. The predicted molar refractivity (Wildman–Crippen MR) is 99.4 cm³/mol. The summed E-state index contributed by atoms with van der Waals surface area (Å²) in [6.07, 6.45) is 2.30. The zero-order chi connectivity index (χ0) is 19.2. The molecule has 2 aliphatic heterocycles. The summed E-state index contributed by atoms with van der Waals surface area (Å²) < 4.78 is 41.5. The number of rotatable bonds is 3. The lowest BCUT2D eigenvalue weighted by molar-refractivity contribution is -0.117. The van der Waals surface area contributed by atoms with Gasteiger partial charge in [0.05, 0.1) is 0 Å². The van der Waals surface area contributed by atoms with E-state index in [0.29, 0.717) is 9.87 Å². The van der Waals surface area contributed by atoms with Gasteiger partial charge in [-0.3, -0.25) is 4.79 Å². The normalized spacial score (nSPS) is 18.8. The number of phenolic OH excluding ortho intramolecular Hbond substituents is 1. The Bertz CT molecular complexity index is 1000. The van der Waals surface area contributed by atoms with Gasteiger partial charge >= 0.3 is 10.2 Å². The Labute approximate surface area is 156 Å². The second kappa shape index (κ2) is 6.41. The van der Waals surface area contributed by atoms with Crippen molar-refractivity contribution >= 4 is 27.5 Å². The molecule has 2 aromatic carbocycles. The second-order valence-electron chi connectivity index (χ2n) is 6.57. The van der Waals surface area contributed by atoms with Gasteiger partial charge in [-0.1, -0.05) is 12.1 Å². The third kappa shape index (κ3) is 3.08. The highest BCUT2D eigenvalue weighted by molar-refractivity contribution is 7.92. The smallest absolute Gasteiger partial charge is 0.326 e. The van der Waals surface area contributed by atoms with Crippen LogP contribution in [0, 0.1) is 5.82 Å². The average Bonchev–Trinajstić information content (AvgIpc) is 3.23. The van der Waals surface area contributed by atoms with Crippen LogP contribution in [-0.2, 0) is 15.0 Å². The summed E-state index contributed by atoms with van der Waals surface area (Å²) in [7, 11) is -4.22. The summed E-state index contributed by atoms with van der Waals surface area (Å²) in [5.74, 6) is -2.23. The predicted octanol–water partition coefficient (Wildman–Crippen LogP) is 1.98. The fraction of sp³-hybridized carbons (Fsp3) is 0.278. The summed E-state index contributed by atoms with van der Waals surface area (Å²) in [5.41, 5.74) is 1.21. The number of benzene rings is 2. The Morgan fingerprint density at radius 3 is 2.30 bits per heavy atom. The molecule has 0 aliphatic carbocycles. The molecule has 2 N–H and O–H groups in total. The number of amides is 1. The van der Waals surface area contributed by atoms with Crippen LogP contribution in [0.4, 0.5) is 15.8 Å². The van der Waals surface area contributed by atoms with Gasteiger partial charge < -0.3 is 10.0 Å². The van der Waals surface area contributed by atoms with Gasteiger partial charge in [-0.05, 0) is 42.7 Å². The standard InChI is InChI=1S/C18H18FN3O4S/c19-17-14(12-3-5-13(6-4-12)21-9-1-2-10-21)7-8-15(23)18(17)22-11-16(24)20-27(22,25)26/h3-8,23H,1-2,9-11H2,(H,20,24). The molecule has 0 radical (unpaired) electrons. The maximum atomic E-state index is 15.1. The van der Waals surface area contributed by atoms with E-state index in [-0.39, 0.29) is 5.56 Å². The van der Waals surface area contributed by atoms with Crippen LogP contribution >= 0.6 is 0 Å². The highest BCUT2D eigenvalue weighted by Gasteiger charge is 2.37. The molecule has 0 saturated carbocycles. The van der Waals surface area contributed by atoms with Crippen LogP contribution in [0.25, 0.3) is 11.1 Å². The topological polar surface area (TPSA) is 90.0 Å². The second-order valence-corrected chi connectivity index (χ2v) is 8.17. The number of nitrogens with zero attached hydrogens (tertiary/aromatic N) is 2. The van der Waals surface area contributed by atoms with Gasteiger partial charge in [0, 0.05) is 24.3 Å². The van der Waals surface area contributed by atoms with Crippen LogP contribution in [0.2, 0.25) is 0 Å². The number of hydrogen-bond donors (Lipinski definition) is 2. The summed E-state index contributed by atoms with van der Waals surface area (Å²) in [4.78, 5) is 13.7. The number of aromatic hydroxyl groups is 1. The SMILES string of the molecule is O=C1CN(c2c(O)ccc(-c3ccc(N4CCCC4)cc3)c2F)S(=O)(=O)N1. The zero-order valence-electron chi connectivity index (χ0n) is 14.4. The molecular formula is C18H18FN3O4S. The fourth-order valence-corrected chi connectivity index (χ4v) is 4.65. The minimum atomic E-state index is -4.22. The van der Waals surface area contributed by atoms with Crippen molar-refractivity contribution in [3.8, 4) is 16.9 Å². The van der Waals surface area contributed by atoms with Crippen molar-refractivity contribution in [3.63, 3.8) is 0 Å². The molecule has 2 aliphatic rings. The van der Waals surface area contributed by atoms with Gasteiger partial charge in [-0.2, -0.15) is 8.42 Å². The van der Waals surface area contributed by atoms with Crippen LogP contribution in [0.15, 0.2) is 36.4 Å². The molecule has 142 valence electrons. The molecule has 7 nitrogen and oxygen atoms in total. The van der Waals surface area contributed by atoms with Crippen LogP contribution in [-0.4, -0.2) is 39.1 Å². The van der Waals surface area contributed by atoms with Gasteiger partial charge in [-0.15, -0.1) is 0 Å². The quantitative estimate of drug-likeness (QED) is 0.835. The molecule has 2 heterocycles. The molecule has 9 heteroatoms. The Kier molecular flexibility index (Phi) is 4.18. The number of halogens is 1. The Balaban J connectivity index is 1.73. The van der Waals surface area contributed by atoms with E-state index in [1.807, 2.05) is 12.1 Å². The highest BCUT2D eigenvalue weighted by Crippen LogP contribution is 2.39. The average molecular weight is 391 g/mol. The lowest BCUT2D eigenvalue weighted by Crippen LogP contribution is -2.30. The molecule has 2 saturated heterocycles. The first kappa shape index (κ1) is 17.6. The largest absolute Gasteiger partial charge is 0.506 e. The molecule has 4 rings (SSSR count). The van der Waals surface area contributed by atoms with Crippen LogP contribution < -0.4 is 13.9 Å². The zero-order valence-corrected chi connectivity index (χ0v) is 15.2. The molecule has 0 bridgehead atoms. The monoisotopic (exact) mass is 391 g/mol. The van der Waals surface area contributed by atoms with E-state index < -0.39 is 39.9 Å². The third-order valence-corrected chi connectivity index (χ3v) is 6.19. The van der Waals surface area contributed by atoms with Crippen molar-refractivity contribution in [1.29, 1.82) is 0 Å². The van der Waals surface area contributed by atoms with Gasteiger partial charge in [0.1, 0.15) is 18.0 Å². The van der Waals surface area contributed by atoms with E-state index in [1.165, 1.54) is 12.1 Å². The minimum absolute atomic E-state index is 0.144. The minimum Gasteiger partial charge on any atom is -0.506 e. The van der Waals surface area contributed by atoms with Gasteiger partial charge in [-0.25, -0.2) is 13.4 Å². The van der Waals surface area contributed by atoms with Crippen molar-refractivity contribution in [2.45, 2.75) is 12.8 Å². The Hall–Kier alpha value is -2.81. The van der Waals surface area contributed by atoms with E-state index in [1.54, 1.807) is 16.9 Å². The number of carbonyl (C=O) groups excluding carboxylic acids is 1. The van der Waals surface area contributed by atoms with Crippen molar-refractivity contribution < 1.29 is 22.7 Å². The molecule has 0 spiro atoms. The number of anilines is 2.